The van der Waals surface area contributed by atoms with Gasteiger partial charge < -0.3 is 48.8 Å². The van der Waals surface area contributed by atoms with Crippen LogP contribution in [0.3, 0.4) is 0 Å². The second-order valence-corrected chi connectivity index (χ2v) is 23.9. The standard InChI is InChI=1S/C56H79N11O12/c1-35-30-39-42(31-36(35)2)61(15)45-44(59-39)47(70)67(48(71)60-45)34-43(68)58-40(32-37-33-66(52(75)79-56(12,13)14)41-19-17-16-18-38(37)41)46(69)57-20-21-62-22-24-63(49(72)76-53(3,4)5)26-28-65(51(74)78-55(9,10)11)29-27-64(25-23-62)50(73)77-54(6,7)8/h16-19,30-31,33,40H,20-29,32,34H2,1-15H3,(H,57,69)(H,58,68)/t40-/m0/s1. The summed E-state index contributed by atoms with van der Waals surface area (Å²) in [5, 5.41) is 6.30. The van der Waals surface area contributed by atoms with Crippen LogP contribution in [-0.4, -0.2) is 173 Å². The Bertz CT molecular complexity index is 3130. The number of carbonyl (C=O) groups excluding carboxylic acids is 6. The molecule has 3 aliphatic rings. The number of benzene rings is 2. The molecule has 23 heteroatoms. The molecule has 4 heterocycles. The molecule has 430 valence electrons. The van der Waals surface area contributed by atoms with Crippen LogP contribution in [0.25, 0.3) is 33.5 Å². The Morgan fingerprint density at radius 2 is 1.11 bits per heavy atom. The van der Waals surface area contributed by atoms with E-state index < -0.39 is 82.4 Å². The minimum Gasteiger partial charge on any atom is -0.444 e. The predicted octanol–water partition coefficient (Wildman–Crippen LogP) is 5.82. The van der Waals surface area contributed by atoms with Gasteiger partial charge in [-0.1, -0.05) is 18.2 Å². The van der Waals surface area contributed by atoms with Gasteiger partial charge >= 0.3 is 30.1 Å². The van der Waals surface area contributed by atoms with E-state index in [9.17, 15) is 38.4 Å². The highest BCUT2D eigenvalue weighted by Gasteiger charge is 2.32. The first-order valence-corrected chi connectivity index (χ1v) is 26.6. The van der Waals surface area contributed by atoms with Gasteiger partial charge in [0.2, 0.25) is 11.8 Å². The van der Waals surface area contributed by atoms with E-state index in [2.05, 4.69) is 20.6 Å². The number of hydrogen-bond donors (Lipinski definition) is 2. The van der Waals surface area contributed by atoms with E-state index in [0.29, 0.717) is 32.1 Å². The lowest BCUT2D eigenvalue weighted by molar-refractivity contribution is -0.129. The van der Waals surface area contributed by atoms with E-state index in [0.717, 1.165) is 11.1 Å². The second kappa shape index (κ2) is 24.2. The number of carbonyl (C=O) groups is 6. The third-order valence-electron chi connectivity index (χ3n) is 12.7. The van der Waals surface area contributed by atoms with Gasteiger partial charge in [0.1, 0.15) is 35.0 Å². The van der Waals surface area contributed by atoms with E-state index in [1.54, 1.807) is 125 Å². The third kappa shape index (κ3) is 16.5. The molecule has 0 unspecified atom stereocenters. The Hall–Kier alpha value is -7.56. The smallest absolute Gasteiger partial charge is 0.419 e. The molecule has 23 nitrogen and oxygen atoms in total. The minimum absolute atomic E-state index is 0.00454. The van der Waals surface area contributed by atoms with Crippen LogP contribution in [0.1, 0.15) is 99.8 Å². The van der Waals surface area contributed by atoms with Crippen molar-refractivity contribution >= 4 is 58.1 Å². The molecule has 6 rings (SSSR count). The zero-order chi connectivity index (χ0) is 58.5. The van der Waals surface area contributed by atoms with Crippen LogP contribution < -0.4 is 21.9 Å². The molecular formula is C56H79N11O12. The molecule has 2 N–H and O–H groups in total. The molecule has 5 amide bonds. The number of aryl methyl sites for hydroxylation is 3. The molecule has 79 heavy (non-hydrogen) atoms. The van der Waals surface area contributed by atoms with E-state index >= 15 is 0 Å². The number of hydrogen-bond acceptors (Lipinski definition) is 15. The summed E-state index contributed by atoms with van der Waals surface area (Å²) >= 11 is 0. The molecule has 0 bridgehead atoms. The first-order valence-electron chi connectivity index (χ1n) is 26.6. The van der Waals surface area contributed by atoms with Crippen molar-refractivity contribution in [3.63, 3.8) is 0 Å². The van der Waals surface area contributed by atoms with Crippen LogP contribution in [0.2, 0.25) is 0 Å². The van der Waals surface area contributed by atoms with Crippen molar-refractivity contribution in [3.8, 4) is 11.5 Å². The fourth-order valence-electron chi connectivity index (χ4n) is 8.72. The monoisotopic (exact) mass is 1100 g/mol. The van der Waals surface area contributed by atoms with Crippen molar-refractivity contribution in [1.29, 1.82) is 0 Å². The Kier molecular flexibility index (Phi) is 18.6. The highest BCUT2D eigenvalue weighted by molar-refractivity contribution is 5.94. The quantitative estimate of drug-likeness (QED) is 0.130. The van der Waals surface area contributed by atoms with E-state index in [4.69, 9.17) is 18.9 Å². The summed E-state index contributed by atoms with van der Waals surface area (Å²) in [4.78, 5) is 126. The third-order valence-corrected chi connectivity index (χ3v) is 12.7. The topological polar surface area (TPSA) is 251 Å². The Morgan fingerprint density at radius 1 is 0.633 bits per heavy atom. The summed E-state index contributed by atoms with van der Waals surface area (Å²) in [6.07, 6.45) is -1.07. The number of rotatable bonds is 9. The maximum atomic E-state index is 14.6. The average molecular weight is 1100 g/mol. The number of para-hydroxylation sites is 1. The Morgan fingerprint density at radius 3 is 1.63 bits per heavy atom. The molecule has 0 spiro atoms. The zero-order valence-corrected chi connectivity index (χ0v) is 48.5. The molecule has 1 saturated heterocycles. The van der Waals surface area contributed by atoms with E-state index in [1.165, 1.54) is 19.3 Å². The first-order chi connectivity index (χ1) is 36.7. The molecule has 3 aliphatic heterocycles. The number of aromatic nitrogens is 5. The maximum absolute atomic E-state index is 14.6. The largest absolute Gasteiger partial charge is 0.444 e. The van der Waals surface area contributed by atoms with Crippen molar-refractivity contribution in [2.75, 3.05) is 65.4 Å². The van der Waals surface area contributed by atoms with Crippen LogP contribution in [0.5, 0.6) is 0 Å². The molecule has 1 aromatic heterocycles. The molecule has 0 aliphatic carbocycles. The normalized spacial score (nSPS) is 15.1. The molecule has 1 fully saturated rings. The lowest BCUT2D eigenvalue weighted by atomic mass is 10.0. The number of amides is 5. The second-order valence-electron chi connectivity index (χ2n) is 23.9. The number of fused-ring (bicyclic) bond motifs is 3. The lowest BCUT2D eigenvalue weighted by Gasteiger charge is -2.35. The average Bonchev–Trinajstić information content (AvgIpc) is 3.83. The van der Waals surface area contributed by atoms with Crippen LogP contribution >= 0.6 is 0 Å². The summed E-state index contributed by atoms with van der Waals surface area (Å²) in [6.45, 7) is 25.2. The predicted molar refractivity (Wildman–Crippen MR) is 297 cm³/mol. The minimum atomic E-state index is -1.33. The van der Waals surface area contributed by atoms with Crippen molar-refractivity contribution in [1.82, 2.24) is 53.9 Å². The maximum Gasteiger partial charge on any atom is 0.419 e. The molecular weight excluding hydrogens is 1020 g/mol. The van der Waals surface area contributed by atoms with Crippen LogP contribution in [-0.2, 0) is 48.5 Å². The summed E-state index contributed by atoms with van der Waals surface area (Å²) in [5.74, 6) is -1.45. The fraction of sp³-hybridized carbons (Fsp3) is 0.571. The molecule has 3 aromatic rings. The highest BCUT2D eigenvalue weighted by Crippen LogP contribution is 2.26. The summed E-state index contributed by atoms with van der Waals surface area (Å²) < 4.78 is 26.6. The zero-order valence-electron chi connectivity index (χ0n) is 48.5. The van der Waals surface area contributed by atoms with Gasteiger partial charge in [0, 0.05) is 90.5 Å². The van der Waals surface area contributed by atoms with Gasteiger partial charge in [0.05, 0.1) is 16.6 Å². The van der Waals surface area contributed by atoms with E-state index in [1.807, 2.05) is 30.9 Å². The van der Waals surface area contributed by atoms with E-state index in [-0.39, 0.29) is 83.4 Å². The van der Waals surface area contributed by atoms with Gasteiger partial charge in [-0.15, -0.1) is 0 Å². The number of nitrogens with one attached hydrogen (secondary N) is 2. The van der Waals surface area contributed by atoms with Crippen LogP contribution in [0.15, 0.2) is 52.2 Å². The summed E-state index contributed by atoms with van der Waals surface area (Å²) in [7, 11) is 1.67. The van der Waals surface area contributed by atoms with Gasteiger partial charge in [-0.25, -0.2) is 33.5 Å². The van der Waals surface area contributed by atoms with Gasteiger partial charge in [-0.2, -0.15) is 4.98 Å². The van der Waals surface area contributed by atoms with Crippen molar-refractivity contribution in [2.24, 2.45) is 7.05 Å². The molecule has 1 atom stereocenters. The molecule has 0 saturated carbocycles. The van der Waals surface area contributed by atoms with Gasteiger partial charge in [0.25, 0.3) is 5.56 Å². The number of nitrogens with zero attached hydrogens (tertiary/aromatic N) is 9. The first kappa shape index (κ1) is 60.7. The highest BCUT2D eigenvalue weighted by atomic mass is 16.6. The van der Waals surface area contributed by atoms with Gasteiger partial charge in [-0.05, 0) is 132 Å². The van der Waals surface area contributed by atoms with Crippen LogP contribution in [0, 0.1) is 13.8 Å². The Balaban J connectivity index is 1.29. The Labute approximate surface area is 460 Å². The van der Waals surface area contributed by atoms with Gasteiger partial charge in [0.15, 0.2) is 11.5 Å². The van der Waals surface area contributed by atoms with Crippen molar-refractivity contribution in [3.05, 3.63) is 80.1 Å². The lowest BCUT2D eigenvalue weighted by Crippen LogP contribution is -2.53. The van der Waals surface area contributed by atoms with Crippen molar-refractivity contribution < 1.29 is 47.7 Å². The van der Waals surface area contributed by atoms with Gasteiger partial charge in [-0.3, -0.25) is 23.9 Å². The summed E-state index contributed by atoms with van der Waals surface area (Å²) in [6, 6.07) is 9.42. The molecule has 0 radical (unpaired) electrons. The van der Waals surface area contributed by atoms with Crippen LogP contribution in [0.4, 0.5) is 19.2 Å². The number of ether oxygens (including phenoxy) is 4. The van der Waals surface area contributed by atoms with Crippen molar-refractivity contribution in [2.45, 2.75) is 138 Å². The fourth-order valence-corrected chi connectivity index (χ4v) is 8.72. The SMILES string of the molecule is Cc1cc2nc3c(=O)n(CC(=O)N[C@@H](Cc4cn(C(=O)OC(C)(C)C)c5ccccc45)C(=O)NCCN4CCN(C(=O)OC(C)(C)C)CCN(C(=O)OC(C)(C)C)CCN(C(=O)OC(C)(C)C)CC4)c(=O)nc-3n(C)c2cc1C. The molecule has 2 aromatic carbocycles. The summed E-state index contributed by atoms with van der Waals surface area (Å²) in [5.41, 5.74) is -1.20.